The molecule has 0 amide bonds. The van der Waals surface area contributed by atoms with Crippen molar-refractivity contribution >= 4 is 0 Å². The van der Waals surface area contributed by atoms with Crippen molar-refractivity contribution in [2.45, 2.75) is 33.1 Å². The predicted octanol–water partition coefficient (Wildman–Crippen LogP) is 3.48. The standard InChI is InChI=1S/C10H15N.C2H6.CH3F/c1-2-9(1)3-4-10-5-7-11-8-6-10;2*1-2/h3-5,9,11H,1-2,6-8H2;1-2H3;1H3/b4-3+;;. The molecule has 1 nitrogen and oxygen atoms in total. The van der Waals surface area contributed by atoms with Crippen LogP contribution in [0.3, 0.4) is 0 Å². The van der Waals surface area contributed by atoms with Gasteiger partial charge in [-0.05, 0) is 37.3 Å². The Morgan fingerprint density at radius 1 is 1.33 bits per heavy atom. The molecule has 0 bridgehead atoms. The van der Waals surface area contributed by atoms with Crippen LogP contribution < -0.4 is 5.32 Å². The molecule has 0 atom stereocenters. The summed E-state index contributed by atoms with van der Waals surface area (Å²) < 4.78 is 9.50. The lowest BCUT2D eigenvalue weighted by atomic mass is 10.1. The van der Waals surface area contributed by atoms with Crippen LogP contribution in [0.5, 0.6) is 0 Å². The molecule has 0 radical (unpaired) electrons. The molecule has 88 valence electrons. The minimum absolute atomic E-state index is 0.500. The van der Waals surface area contributed by atoms with Crippen LogP contribution in [-0.4, -0.2) is 20.3 Å². The van der Waals surface area contributed by atoms with Crippen LogP contribution in [0, 0.1) is 5.92 Å². The maximum absolute atomic E-state index is 9.50. The van der Waals surface area contributed by atoms with E-state index in [9.17, 15) is 4.39 Å². The van der Waals surface area contributed by atoms with Crippen molar-refractivity contribution in [3.8, 4) is 0 Å². The molecule has 2 rings (SSSR count). The van der Waals surface area contributed by atoms with Gasteiger partial charge in [-0.2, -0.15) is 0 Å². The van der Waals surface area contributed by atoms with E-state index in [-0.39, 0.29) is 0 Å². The second kappa shape index (κ2) is 9.91. The van der Waals surface area contributed by atoms with Gasteiger partial charge in [0.05, 0.1) is 7.18 Å². The average Bonchev–Trinajstić information content (AvgIpc) is 3.17. The Labute approximate surface area is 93.5 Å². The van der Waals surface area contributed by atoms with Gasteiger partial charge in [0.1, 0.15) is 0 Å². The van der Waals surface area contributed by atoms with Crippen LogP contribution in [-0.2, 0) is 0 Å². The topological polar surface area (TPSA) is 12.0 Å². The third-order valence-corrected chi connectivity index (χ3v) is 2.30. The Morgan fingerprint density at radius 2 is 2.00 bits per heavy atom. The number of hydrogen-bond acceptors (Lipinski definition) is 1. The molecule has 2 aliphatic rings. The molecular formula is C13H24FN. The highest BCUT2D eigenvalue weighted by Crippen LogP contribution is 2.30. The van der Waals surface area contributed by atoms with E-state index >= 15 is 0 Å². The highest BCUT2D eigenvalue weighted by atomic mass is 19.1. The first-order chi connectivity index (χ1) is 7.45. The van der Waals surface area contributed by atoms with Gasteiger partial charge in [-0.3, -0.25) is 4.39 Å². The summed E-state index contributed by atoms with van der Waals surface area (Å²) in [6.07, 6.45) is 11.0. The molecule has 1 aliphatic heterocycles. The molecular weight excluding hydrogens is 189 g/mol. The van der Waals surface area contributed by atoms with Crippen molar-refractivity contribution in [1.82, 2.24) is 5.32 Å². The fourth-order valence-corrected chi connectivity index (χ4v) is 1.34. The summed E-state index contributed by atoms with van der Waals surface area (Å²) in [6, 6.07) is 0. The minimum Gasteiger partial charge on any atom is -0.313 e. The molecule has 0 aromatic rings. The Bertz CT molecular complexity index is 193. The first-order valence-electron chi connectivity index (χ1n) is 5.91. The molecule has 1 heterocycles. The van der Waals surface area contributed by atoms with Gasteiger partial charge < -0.3 is 5.32 Å². The largest absolute Gasteiger partial charge is 0.313 e. The maximum Gasteiger partial charge on any atom is 0.0785 e. The average molecular weight is 213 g/mol. The normalized spacial score (nSPS) is 19.6. The second-order valence-electron chi connectivity index (χ2n) is 3.43. The molecule has 1 N–H and O–H groups in total. The molecule has 1 aliphatic carbocycles. The van der Waals surface area contributed by atoms with Gasteiger partial charge in [0.2, 0.25) is 0 Å². The van der Waals surface area contributed by atoms with E-state index in [1.54, 1.807) is 0 Å². The first kappa shape index (κ1) is 14.4. The van der Waals surface area contributed by atoms with Gasteiger partial charge in [0, 0.05) is 6.54 Å². The highest BCUT2D eigenvalue weighted by Gasteiger charge is 2.17. The lowest BCUT2D eigenvalue weighted by molar-refractivity contribution is 0.636. The number of nitrogens with one attached hydrogen (secondary N) is 1. The van der Waals surface area contributed by atoms with Gasteiger partial charge in [-0.25, -0.2) is 0 Å². The van der Waals surface area contributed by atoms with Crippen LogP contribution in [0.2, 0.25) is 0 Å². The zero-order valence-electron chi connectivity index (χ0n) is 10.2. The van der Waals surface area contributed by atoms with Gasteiger partial charge in [-0.15, -0.1) is 0 Å². The quantitative estimate of drug-likeness (QED) is 0.740. The van der Waals surface area contributed by atoms with E-state index < -0.39 is 0 Å². The number of allylic oxidation sites excluding steroid dienone is 2. The zero-order valence-corrected chi connectivity index (χ0v) is 10.2. The zero-order chi connectivity index (χ0) is 11.5. The number of rotatable bonds is 2. The van der Waals surface area contributed by atoms with Gasteiger partial charge in [0.25, 0.3) is 0 Å². The molecule has 0 aromatic heterocycles. The van der Waals surface area contributed by atoms with E-state index in [4.69, 9.17) is 0 Å². The van der Waals surface area contributed by atoms with Crippen LogP contribution in [0.4, 0.5) is 4.39 Å². The first-order valence-corrected chi connectivity index (χ1v) is 5.91. The molecule has 0 aromatic carbocycles. The molecule has 2 heteroatoms. The summed E-state index contributed by atoms with van der Waals surface area (Å²) in [6.45, 7) is 6.21. The van der Waals surface area contributed by atoms with Crippen molar-refractivity contribution in [3.05, 3.63) is 23.8 Å². The smallest absolute Gasteiger partial charge is 0.0785 e. The van der Waals surface area contributed by atoms with E-state index in [1.807, 2.05) is 13.8 Å². The minimum atomic E-state index is 0.500. The predicted molar refractivity (Wildman–Crippen MR) is 65.8 cm³/mol. The Morgan fingerprint density at radius 3 is 2.47 bits per heavy atom. The highest BCUT2D eigenvalue weighted by molar-refractivity contribution is 5.22. The number of halogens is 1. The maximum atomic E-state index is 9.50. The second-order valence-corrected chi connectivity index (χ2v) is 3.43. The van der Waals surface area contributed by atoms with Crippen LogP contribution in [0.1, 0.15) is 33.1 Å². The summed E-state index contributed by atoms with van der Waals surface area (Å²) >= 11 is 0. The fourth-order valence-electron chi connectivity index (χ4n) is 1.34. The summed E-state index contributed by atoms with van der Waals surface area (Å²) in [5.74, 6) is 0.922. The molecule has 1 fully saturated rings. The lowest BCUT2D eigenvalue weighted by Gasteiger charge is -2.09. The molecule has 15 heavy (non-hydrogen) atoms. The third kappa shape index (κ3) is 7.32. The van der Waals surface area contributed by atoms with E-state index in [0.717, 1.165) is 19.0 Å². The number of hydrogen-bond donors (Lipinski definition) is 1. The van der Waals surface area contributed by atoms with Crippen LogP contribution in [0.15, 0.2) is 23.8 Å². The van der Waals surface area contributed by atoms with Crippen LogP contribution in [0.25, 0.3) is 0 Å². The van der Waals surface area contributed by atoms with Crippen LogP contribution >= 0.6 is 0 Å². The van der Waals surface area contributed by atoms with Gasteiger partial charge in [0.15, 0.2) is 0 Å². The third-order valence-electron chi connectivity index (χ3n) is 2.30. The lowest BCUT2D eigenvalue weighted by Crippen LogP contribution is -2.19. The number of alkyl halides is 1. The summed E-state index contributed by atoms with van der Waals surface area (Å²) in [7, 11) is 0.500. The van der Waals surface area contributed by atoms with Gasteiger partial charge >= 0.3 is 0 Å². The van der Waals surface area contributed by atoms with Crippen molar-refractivity contribution in [2.24, 2.45) is 5.92 Å². The SMILES string of the molecule is C1=C(/C=C/C2CC2)CCNC1.CC.CF. The molecule has 1 saturated carbocycles. The molecule has 0 spiro atoms. The van der Waals surface area contributed by atoms with Crippen molar-refractivity contribution in [2.75, 3.05) is 20.3 Å². The van der Waals surface area contributed by atoms with Crippen molar-refractivity contribution < 1.29 is 4.39 Å². The Balaban J connectivity index is 0.000000442. The van der Waals surface area contributed by atoms with E-state index in [2.05, 4.69) is 23.5 Å². The Hall–Kier alpha value is -0.630. The van der Waals surface area contributed by atoms with Crippen molar-refractivity contribution in [3.63, 3.8) is 0 Å². The van der Waals surface area contributed by atoms with E-state index in [1.165, 1.54) is 24.8 Å². The molecule has 0 unspecified atom stereocenters. The Kier molecular flexibility index (Phi) is 9.49. The van der Waals surface area contributed by atoms with Gasteiger partial charge in [-0.1, -0.05) is 32.1 Å². The van der Waals surface area contributed by atoms with E-state index in [0.29, 0.717) is 7.18 Å². The fraction of sp³-hybridized carbons (Fsp3) is 0.692. The summed E-state index contributed by atoms with van der Waals surface area (Å²) in [5, 5.41) is 3.31. The monoisotopic (exact) mass is 213 g/mol. The summed E-state index contributed by atoms with van der Waals surface area (Å²) in [5.41, 5.74) is 1.52. The molecule has 0 saturated heterocycles. The summed E-state index contributed by atoms with van der Waals surface area (Å²) in [4.78, 5) is 0. The van der Waals surface area contributed by atoms with Crippen molar-refractivity contribution in [1.29, 1.82) is 0 Å².